The summed E-state index contributed by atoms with van der Waals surface area (Å²) in [6.07, 6.45) is 3.13. The van der Waals surface area contributed by atoms with E-state index in [9.17, 15) is 9.59 Å². The standard InChI is InChI=1S/C15H21N5O2/c1-12-10-13(17-15(16-12)20-4-2-3-5-20)14(22)19-8-6-18(11-21)7-9-19/h10-11H,2-9H2,1H3. The summed E-state index contributed by atoms with van der Waals surface area (Å²) in [6.45, 7) is 6.07. The molecule has 2 amide bonds. The number of amides is 2. The number of aryl methyl sites for hydroxylation is 1. The number of rotatable bonds is 3. The first-order chi connectivity index (χ1) is 10.7. The molecule has 7 nitrogen and oxygen atoms in total. The topological polar surface area (TPSA) is 69.6 Å². The monoisotopic (exact) mass is 303 g/mol. The maximum atomic E-state index is 12.6. The van der Waals surface area contributed by atoms with Gasteiger partial charge in [0.2, 0.25) is 12.4 Å². The predicted molar refractivity (Wildman–Crippen MR) is 81.8 cm³/mol. The molecular formula is C15H21N5O2. The van der Waals surface area contributed by atoms with Gasteiger partial charge < -0.3 is 14.7 Å². The normalized spacial score (nSPS) is 18.7. The Morgan fingerprint density at radius 2 is 1.77 bits per heavy atom. The van der Waals surface area contributed by atoms with E-state index in [0.717, 1.165) is 38.0 Å². The summed E-state index contributed by atoms with van der Waals surface area (Å²) in [5, 5.41) is 0. The maximum absolute atomic E-state index is 12.6. The van der Waals surface area contributed by atoms with Crippen LogP contribution in [-0.2, 0) is 4.79 Å². The lowest BCUT2D eigenvalue weighted by Gasteiger charge is -2.32. The van der Waals surface area contributed by atoms with Crippen LogP contribution in [0.1, 0.15) is 29.0 Å². The molecule has 0 unspecified atom stereocenters. The van der Waals surface area contributed by atoms with E-state index in [0.29, 0.717) is 37.8 Å². The molecule has 0 spiro atoms. The summed E-state index contributed by atoms with van der Waals surface area (Å²) >= 11 is 0. The van der Waals surface area contributed by atoms with Gasteiger partial charge >= 0.3 is 0 Å². The number of aromatic nitrogens is 2. The minimum absolute atomic E-state index is 0.0727. The van der Waals surface area contributed by atoms with Crippen LogP contribution < -0.4 is 4.90 Å². The molecule has 0 atom stereocenters. The van der Waals surface area contributed by atoms with E-state index in [1.54, 1.807) is 15.9 Å². The van der Waals surface area contributed by atoms with Gasteiger partial charge in [-0.3, -0.25) is 9.59 Å². The van der Waals surface area contributed by atoms with Gasteiger partial charge in [0.15, 0.2) is 0 Å². The number of anilines is 1. The van der Waals surface area contributed by atoms with Crippen LogP contribution in [-0.4, -0.2) is 71.4 Å². The van der Waals surface area contributed by atoms with Crippen molar-refractivity contribution in [3.8, 4) is 0 Å². The first kappa shape index (κ1) is 14.7. The van der Waals surface area contributed by atoms with Crippen molar-refractivity contribution >= 4 is 18.3 Å². The lowest BCUT2D eigenvalue weighted by atomic mass is 10.2. The zero-order chi connectivity index (χ0) is 15.5. The maximum Gasteiger partial charge on any atom is 0.272 e. The molecule has 118 valence electrons. The van der Waals surface area contributed by atoms with Crippen LogP contribution in [0.4, 0.5) is 5.95 Å². The molecule has 3 heterocycles. The second-order valence-corrected chi connectivity index (χ2v) is 5.82. The van der Waals surface area contributed by atoms with Crippen LogP contribution in [0.3, 0.4) is 0 Å². The molecule has 3 rings (SSSR count). The van der Waals surface area contributed by atoms with Crippen LogP contribution >= 0.6 is 0 Å². The Morgan fingerprint density at radius 3 is 2.41 bits per heavy atom. The van der Waals surface area contributed by atoms with Crippen molar-refractivity contribution in [1.29, 1.82) is 0 Å². The van der Waals surface area contributed by atoms with Gasteiger partial charge in [0.25, 0.3) is 5.91 Å². The fraction of sp³-hybridized carbons (Fsp3) is 0.600. The Bertz CT molecular complexity index is 563. The van der Waals surface area contributed by atoms with Gasteiger partial charge in [0, 0.05) is 45.0 Å². The lowest BCUT2D eigenvalue weighted by molar-refractivity contribution is -0.119. The number of carbonyl (C=O) groups is 2. The first-order valence-electron chi connectivity index (χ1n) is 7.76. The molecule has 1 aromatic rings. The van der Waals surface area contributed by atoms with Gasteiger partial charge in [-0.05, 0) is 25.8 Å². The molecule has 2 saturated heterocycles. The molecular weight excluding hydrogens is 282 g/mol. The molecule has 2 fully saturated rings. The molecule has 0 saturated carbocycles. The highest BCUT2D eigenvalue weighted by Gasteiger charge is 2.24. The first-order valence-corrected chi connectivity index (χ1v) is 7.76. The van der Waals surface area contributed by atoms with E-state index >= 15 is 0 Å². The predicted octanol–water partition coefficient (Wildman–Crippen LogP) is 0.299. The highest BCUT2D eigenvalue weighted by Crippen LogP contribution is 2.17. The van der Waals surface area contributed by atoms with Crippen LogP contribution in [0.25, 0.3) is 0 Å². The average molecular weight is 303 g/mol. The molecule has 22 heavy (non-hydrogen) atoms. The Kier molecular flexibility index (Phi) is 4.22. The van der Waals surface area contributed by atoms with Crippen LogP contribution in [0.2, 0.25) is 0 Å². The van der Waals surface area contributed by atoms with E-state index in [1.165, 1.54) is 0 Å². The summed E-state index contributed by atoms with van der Waals surface area (Å²) in [5.41, 5.74) is 1.26. The molecule has 2 aliphatic heterocycles. The van der Waals surface area contributed by atoms with Crippen molar-refractivity contribution in [3.63, 3.8) is 0 Å². The quantitative estimate of drug-likeness (QED) is 0.751. The number of carbonyl (C=O) groups excluding carboxylic acids is 2. The fourth-order valence-corrected chi connectivity index (χ4v) is 2.91. The van der Waals surface area contributed by atoms with Crippen LogP contribution in [0.15, 0.2) is 6.07 Å². The molecule has 0 N–H and O–H groups in total. The molecule has 1 aromatic heterocycles. The summed E-state index contributed by atoms with van der Waals surface area (Å²) in [4.78, 5) is 37.9. The van der Waals surface area contributed by atoms with Gasteiger partial charge in [-0.25, -0.2) is 9.97 Å². The lowest BCUT2D eigenvalue weighted by Crippen LogP contribution is -2.48. The summed E-state index contributed by atoms with van der Waals surface area (Å²) in [5.74, 6) is 0.587. The third kappa shape index (κ3) is 3.03. The van der Waals surface area contributed by atoms with Gasteiger partial charge in [-0.2, -0.15) is 0 Å². The SMILES string of the molecule is Cc1cc(C(=O)N2CCN(C=O)CC2)nc(N2CCCC2)n1. The van der Waals surface area contributed by atoms with E-state index in [4.69, 9.17) is 0 Å². The molecule has 0 bridgehead atoms. The van der Waals surface area contributed by atoms with Gasteiger partial charge in [0.1, 0.15) is 5.69 Å². The van der Waals surface area contributed by atoms with E-state index < -0.39 is 0 Å². The van der Waals surface area contributed by atoms with Crippen molar-refractivity contribution < 1.29 is 9.59 Å². The van der Waals surface area contributed by atoms with Gasteiger partial charge in [-0.15, -0.1) is 0 Å². The number of hydrogen-bond acceptors (Lipinski definition) is 5. The largest absolute Gasteiger partial charge is 0.342 e. The van der Waals surface area contributed by atoms with Gasteiger partial charge in [0.05, 0.1) is 0 Å². The molecule has 0 aliphatic carbocycles. The fourth-order valence-electron chi connectivity index (χ4n) is 2.91. The average Bonchev–Trinajstić information content (AvgIpc) is 3.08. The second kappa shape index (κ2) is 6.29. The Labute approximate surface area is 129 Å². The highest BCUT2D eigenvalue weighted by molar-refractivity contribution is 5.92. The zero-order valence-corrected chi connectivity index (χ0v) is 12.9. The van der Waals surface area contributed by atoms with E-state index in [1.807, 2.05) is 6.92 Å². The van der Waals surface area contributed by atoms with Gasteiger partial charge in [-0.1, -0.05) is 0 Å². The van der Waals surface area contributed by atoms with Crippen LogP contribution in [0, 0.1) is 6.92 Å². The molecule has 7 heteroatoms. The molecule has 2 aliphatic rings. The smallest absolute Gasteiger partial charge is 0.272 e. The van der Waals surface area contributed by atoms with Crippen molar-refractivity contribution in [3.05, 3.63) is 17.5 Å². The van der Waals surface area contributed by atoms with E-state index in [-0.39, 0.29) is 5.91 Å². The van der Waals surface area contributed by atoms with Crippen LogP contribution in [0.5, 0.6) is 0 Å². The van der Waals surface area contributed by atoms with Crippen molar-refractivity contribution in [2.45, 2.75) is 19.8 Å². The molecule has 0 aromatic carbocycles. The minimum Gasteiger partial charge on any atom is -0.342 e. The third-order valence-corrected chi connectivity index (χ3v) is 4.20. The third-order valence-electron chi connectivity index (χ3n) is 4.20. The van der Waals surface area contributed by atoms with Crippen molar-refractivity contribution in [2.24, 2.45) is 0 Å². The molecule has 0 radical (unpaired) electrons. The van der Waals surface area contributed by atoms with Crippen molar-refractivity contribution in [2.75, 3.05) is 44.2 Å². The summed E-state index contributed by atoms with van der Waals surface area (Å²) < 4.78 is 0. The Hall–Kier alpha value is -2.18. The highest BCUT2D eigenvalue weighted by atomic mass is 16.2. The van der Waals surface area contributed by atoms with E-state index in [2.05, 4.69) is 14.9 Å². The van der Waals surface area contributed by atoms with Crippen molar-refractivity contribution in [1.82, 2.24) is 19.8 Å². The summed E-state index contributed by atoms with van der Waals surface area (Å²) in [7, 11) is 0. The number of hydrogen-bond donors (Lipinski definition) is 0. The number of nitrogens with zero attached hydrogens (tertiary/aromatic N) is 5. The number of piperazine rings is 1. The Balaban J connectivity index is 1.76. The summed E-state index contributed by atoms with van der Waals surface area (Å²) in [6, 6.07) is 1.74. The minimum atomic E-state index is -0.0727. The Morgan fingerprint density at radius 1 is 1.09 bits per heavy atom. The zero-order valence-electron chi connectivity index (χ0n) is 12.9. The second-order valence-electron chi connectivity index (χ2n) is 5.82.